The molecule has 2 amide bonds. The number of rotatable bonds is 4. The van der Waals surface area contributed by atoms with E-state index in [2.05, 4.69) is 10.3 Å². The van der Waals surface area contributed by atoms with E-state index in [1.54, 1.807) is 12.3 Å². The molecule has 2 atom stereocenters. The fourth-order valence-electron chi connectivity index (χ4n) is 2.41. The number of nitrogens with zero attached hydrogens (tertiary/aromatic N) is 2. The average molecular weight is 299 g/mol. The number of hydrogen-bond acceptors (Lipinski definition) is 3. The lowest BCUT2D eigenvalue weighted by atomic mass is 10.1. The van der Waals surface area contributed by atoms with Gasteiger partial charge in [0, 0.05) is 30.8 Å². The van der Waals surface area contributed by atoms with E-state index in [0.717, 1.165) is 10.6 Å². The van der Waals surface area contributed by atoms with E-state index in [1.807, 2.05) is 19.1 Å². The van der Waals surface area contributed by atoms with E-state index in [0.29, 0.717) is 6.54 Å². The Morgan fingerprint density at radius 2 is 2.38 bits per heavy atom. The van der Waals surface area contributed by atoms with Crippen molar-refractivity contribution in [2.24, 2.45) is 0 Å². The summed E-state index contributed by atoms with van der Waals surface area (Å²) in [5, 5.41) is 11.7. The van der Waals surface area contributed by atoms with Crippen molar-refractivity contribution in [3.63, 3.8) is 0 Å². The number of aromatic nitrogens is 1. The summed E-state index contributed by atoms with van der Waals surface area (Å²) >= 11 is 0. The van der Waals surface area contributed by atoms with E-state index in [9.17, 15) is 13.6 Å². The molecule has 1 saturated heterocycles. The van der Waals surface area contributed by atoms with Crippen LogP contribution >= 0.6 is 0 Å². The van der Waals surface area contributed by atoms with Crippen molar-refractivity contribution in [3.8, 4) is 0 Å². The first-order valence-corrected chi connectivity index (χ1v) is 6.87. The molecule has 2 rings (SSSR count). The molecule has 0 aromatic carbocycles. The molecule has 116 valence electrons. The second kappa shape index (κ2) is 6.34. The summed E-state index contributed by atoms with van der Waals surface area (Å²) in [6, 6.07) is 4.09. The zero-order valence-electron chi connectivity index (χ0n) is 11.8. The van der Waals surface area contributed by atoms with Gasteiger partial charge in [-0.15, -0.1) is 0 Å². The molecule has 2 heterocycles. The van der Waals surface area contributed by atoms with Gasteiger partial charge in [-0.05, 0) is 12.1 Å². The molecule has 1 aliphatic heterocycles. The number of urea groups is 1. The number of carbonyl (C=O) groups is 1. The van der Waals surface area contributed by atoms with Crippen molar-refractivity contribution < 1.29 is 18.7 Å². The smallest absolute Gasteiger partial charge is 0.317 e. The minimum atomic E-state index is -2.93. The summed E-state index contributed by atoms with van der Waals surface area (Å²) < 4.78 is 26.6. The summed E-state index contributed by atoms with van der Waals surface area (Å²) in [5.41, 5.74) is 0.822. The van der Waals surface area contributed by atoms with Crippen molar-refractivity contribution in [1.29, 1.82) is 0 Å². The molecule has 0 bridgehead atoms. The monoisotopic (exact) mass is 299 g/mol. The fraction of sp³-hybridized carbons (Fsp3) is 0.571. The third kappa shape index (κ3) is 3.87. The van der Waals surface area contributed by atoms with Gasteiger partial charge < -0.3 is 15.3 Å². The number of carbonyl (C=O) groups excluding carboxylic acids is 1. The zero-order valence-corrected chi connectivity index (χ0v) is 11.8. The highest BCUT2D eigenvalue weighted by Crippen LogP contribution is 2.31. The van der Waals surface area contributed by atoms with Crippen molar-refractivity contribution in [3.05, 3.63) is 30.1 Å². The second-order valence-electron chi connectivity index (χ2n) is 5.37. The fourth-order valence-corrected chi connectivity index (χ4v) is 2.41. The quantitative estimate of drug-likeness (QED) is 0.887. The average Bonchev–Trinajstić information content (AvgIpc) is 2.80. The maximum atomic E-state index is 13.3. The topological polar surface area (TPSA) is 65.5 Å². The highest BCUT2D eigenvalue weighted by atomic mass is 19.3. The minimum Gasteiger partial charge on any atom is -0.394 e. The van der Waals surface area contributed by atoms with Gasteiger partial charge in [-0.25, -0.2) is 13.6 Å². The van der Waals surface area contributed by atoms with E-state index in [1.165, 1.54) is 0 Å². The Hall–Kier alpha value is -1.76. The molecule has 0 saturated carbocycles. The number of likely N-dealkylation sites (tertiary alicyclic amines) is 1. The van der Waals surface area contributed by atoms with Crippen LogP contribution in [0.15, 0.2) is 24.4 Å². The Bertz CT molecular complexity index is 484. The predicted molar refractivity (Wildman–Crippen MR) is 73.2 cm³/mol. The van der Waals surface area contributed by atoms with Crippen LogP contribution in [-0.4, -0.2) is 52.7 Å². The van der Waals surface area contributed by atoms with Crippen LogP contribution in [0.2, 0.25) is 0 Å². The summed E-state index contributed by atoms with van der Waals surface area (Å²) in [4.78, 5) is 17.2. The van der Waals surface area contributed by atoms with Gasteiger partial charge in [-0.3, -0.25) is 4.98 Å². The number of aliphatic hydroxyl groups is 1. The number of pyridine rings is 1. The van der Waals surface area contributed by atoms with Gasteiger partial charge in [-0.2, -0.15) is 0 Å². The zero-order chi connectivity index (χ0) is 15.5. The lowest BCUT2D eigenvalue weighted by Crippen LogP contribution is -2.45. The minimum absolute atomic E-state index is 0.0224. The molecule has 1 aromatic rings. The molecule has 7 heteroatoms. The lowest BCUT2D eigenvalue weighted by Gasteiger charge is -2.23. The Morgan fingerprint density at radius 3 is 3.00 bits per heavy atom. The van der Waals surface area contributed by atoms with E-state index >= 15 is 0 Å². The van der Waals surface area contributed by atoms with E-state index < -0.39 is 37.6 Å². The maximum absolute atomic E-state index is 13.3. The standard InChI is InChI=1S/C14H19F2N3O2/c1-10(12-4-2-3-5-17-12)7-18-13(21)19-9-14(15,16)6-11(19)8-20/h2-5,10-11,20H,6-9H2,1H3,(H,18,21). The van der Waals surface area contributed by atoms with Gasteiger partial charge in [-0.1, -0.05) is 13.0 Å². The summed E-state index contributed by atoms with van der Waals surface area (Å²) in [7, 11) is 0. The Kier molecular flexibility index (Phi) is 4.72. The molecular formula is C14H19F2N3O2. The molecule has 1 aliphatic rings. The summed E-state index contributed by atoms with van der Waals surface area (Å²) in [5.74, 6) is -2.96. The maximum Gasteiger partial charge on any atom is 0.317 e. The van der Waals surface area contributed by atoms with Crippen LogP contribution in [-0.2, 0) is 0 Å². The molecule has 0 aliphatic carbocycles. The number of amides is 2. The van der Waals surface area contributed by atoms with Crippen LogP contribution in [0.1, 0.15) is 25.0 Å². The summed E-state index contributed by atoms with van der Waals surface area (Å²) in [6.07, 6.45) is 1.17. The molecule has 2 N–H and O–H groups in total. The van der Waals surface area contributed by atoms with Crippen LogP contribution in [0.3, 0.4) is 0 Å². The molecule has 0 radical (unpaired) electrons. The largest absolute Gasteiger partial charge is 0.394 e. The molecule has 21 heavy (non-hydrogen) atoms. The molecule has 0 spiro atoms. The Balaban J connectivity index is 1.90. The second-order valence-corrected chi connectivity index (χ2v) is 5.37. The summed E-state index contributed by atoms with van der Waals surface area (Å²) in [6.45, 7) is 1.08. The van der Waals surface area contributed by atoms with Crippen molar-refractivity contribution in [2.75, 3.05) is 19.7 Å². The first-order valence-electron chi connectivity index (χ1n) is 6.87. The Morgan fingerprint density at radius 1 is 1.62 bits per heavy atom. The van der Waals surface area contributed by atoms with Gasteiger partial charge in [0.15, 0.2) is 0 Å². The molecular weight excluding hydrogens is 280 g/mol. The van der Waals surface area contributed by atoms with Gasteiger partial charge in [0.2, 0.25) is 0 Å². The number of alkyl halides is 2. The molecule has 1 aromatic heterocycles. The predicted octanol–water partition coefficient (Wildman–Crippen LogP) is 1.60. The first kappa shape index (κ1) is 15.6. The molecule has 2 unspecified atom stereocenters. The highest BCUT2D eigenvalue weighted by molar-refractivity contribution is 5.75. The van der Waals surface area contributed by atoms with Crippen LogP contribution in [0, 0.1) is 0 Å². The number of halogens is 2. The first-order chi connectivity index (χ1) is 9.93. The third-order valence-corrected chi connectivity index (χ3v) is 3.60. The number of nitrogens with one attached hydrogen (secondary N) is 1. The SMILES string of the molecule is CC(CNC(=O)N1CC(F)(F)CC1CO)c1ccccn1. The third-order valence-electron chi connectivity index (χ3n) is 3.60. The van der Waals surface area contributed by atoms with Crippen molar-refractivity contribution in [2.45, 2.75) is 31.2 Å². The number of aliphatic hydroxyl groups excluding tert-OH is 1. The van der Waals surface area contributed by atoms with Crippen molar-refractivity contribution >= 4 is 6.03 Å². The highest BCUT2D eigenvalue weighted by Gasteiger charge is 2.46. The van der Waals surface area contributed by atoms with E-state index in [4.69, 9.17) is 5.11 Å². The van der Waals surface area contributed by atoms with Gasteiger partial charge in [0.05, 0.1) is 19.2 Å². The van der Waals surface area contributed by atoms with Crippen LogP contribution < -0.4 is 5.32 Å². The lowest BCUT2D eigenvalue weighted by molar-refractivity contribution is 0.0141. The van der Waals surface area contributed by atoms with Gasteiger partial charge >= 0.3 is 6.03 Å². The van der Waals surface area contributed by atoms with Crippen LogP contribution in [0.5, 0.6) is 0 Å². The normalized spacial score (nSPS) is 22.1. The van der Waals surface area contributed by atoms with Crippen molar-refractivity contribution in [1.82, 2.24) is 15.2 Å². The van der Waals surface area contributed by atoms with E-state index in [-0.39, 0.29) is 5.92 Å². The van der Waals surface area contributed by atoms with Crippen LogP contribution in [0.25, 0.3) is 0 Å². The van der Waals surface area contributed by atoms with Gasteiger partial charge in [0.25, 0.3) is 5.92 Å². The van der Waals surface area contributed by atoms with Gasteiger partial charge in [0.1, 0.15) is 0 Å². The Labute approximate surface area is 122 Å². The van der Waals surface area contributed by atoms with Crippen LogP contribution in [0.4, 0.5) is 13.6 Å². The number of hydrogen-bond donors (Lipinski definition) is 2. The molecule has 1 fully saturated rings. The molecule has 5 nitrogen and oxygen atoms in total.